The summed E-state index contributed by atoms with van der Waals surface area (Å²) in [4.78, 5) is 37.9. The Balaban J connectivity index is 1.11. The summed E-state index contributed by atoms with van der Waals surface area (Å²) in [6, 6.07) is 14.1. The first kappa shape index (κ1) is 28.3. The Morgan fingerprint density at radius 2 is 1.57 bits per heavy atom. The molecule has 7 heteroatoms. The van der Waals surface area contributed by atoms with Crippen molar-refractivity contribution in [2.24, 2.45) is 5.41 Å². The van der Waals surface area contributed by atoms with Crippen LogP contribution in [-0.4, -0.2) is 66.9 Å². The van der Waals surface area contributed by atoms with E-state index in [9.17, 15) is 9.59 Å². The van der Waals surface area contributed by atoms with Crippen LogP contribution in [0.25, 0.3) is 0 Å². The SMILES string of the molecule is COc1cc(C)c(C(=O)N(C)C2CCc3ccc(C(=O)N4CCC5(CC4)CCN(c4ccncc4)CC5)cc32)c(C)c1. The Morgan fingerprint density at radius 3 is 2.21 bits per heavy atom. The molecule has 2 aromatic carbocycles. The van der Waals surface area contributed by atoms with Crippen molar-refractivity contribution in [2.45, 2.75) is 58.4 Å². The second kappa shape index (κ2) is 11.4. The number of hydrogen-bond donors (Lipinski definition) is 0. The number of ether oxygens (including phenoxy) is 1. The van der Waals surface area contributed by atoms with Crippen LogP contribution in [-0.2, 0) is 6.42 Å². The van der Waals surface area contributed by atoms with Gasteiger partial charge in [0.2, 0.25) is 0 Å². The molecule has 1 atom stereocenters. The van der Waals surface area contributed by atoms with Gasteiger partial charge in [-0.05, 0) is 116 Å². The fraction of sp³-hybridized carbons (Fsp3) is 0.457. The number of hydrogen-bond acceptors (Lipinski definition) is 5. The standard InChI is InChI=1S/C35H42N4O3/c1-24-21-29(42-4)22-25(2)32(24)34(41)37(3)31-8-7-26-5-6-27(23-30(26)31)33(40)39-19-13-35(14-20-39)11-17-38(18-12-35)28-9-15-36-16-10-28/h5-6,9-10,15-16,21-23,31H,7-8,11-14,17-20H2,1-4H3. The number of benzene rings is 2. The molecule has 6 rings (SSSR count). The van der Waals surface area contributed by atoms with Gasteiger partial charge >= 0.3 is 0 Å². The molecular formula is C35H42N4O3. The smallest absolute Gasteiger partial charge is 0.254 e. The summed E-state index contributed by atoms with van der Waals surface area (Å²) in [6.45, 7) is 7.66. The molecule has 2 fully saturated rings. The highest BCUT2D eigenvalue weighted by Crippen LogP contribution is 2.43. The summed E-state index contributed by atoms with van der Waals surface area (Å²) in [6.07, 6.45) is 9.98. The highest BCUT2D eigenvalue weighted by atomic mass is 16.5. The van der Waals surface area contributed by atoms with Crippen LogP contribution in [0.3, 0.4) is 0 Å². The molecule has 1 unspecified atom stereocenters. The molecule has 2 saturated heterocycles. The van der Waals surface area contributed by atoms with Gasteiger partial charge in [0.25, 0.3) is 11.8 Å². The number of fused-ring (bicyclic) bond motifs is 1. The Kier molecular flexibility index (Phi) is 7.69. The number of carbonyl (C=O) groups is 2. The molecule has 0 saturated carbocycles. The number of nitrogens with zero attached hydrogens (tertiary/aromatic N) is 4. The van der Waals surface area contributed by atoms with E-state index >= 15 is 0 Å². The minimum absolute atomic E-state index is 0.0125. The molecule has 3 aromatic rings. The number of pyridine rings is 1. The number of aromatic nitrogens is 1. The van der Waals surface area contributed by atoms with E-state index in [2.05, 4.69) is 34.1 Å². The van der Waals surface area contributed by atoms with Gasteiger partial charge < -0.3 is 19.4 Å². The summed E-state index contributed by atoms with van der Waals surface area (Å²) in [5.41, 5.74) is 7.23. The molecule has 7 nitrogen and oxygen atoms in total. The van der Waals surface area contributed by atoms with Crippen LogP contribution >= 0.6 is 0 Å². The zero-order valence-corrected chi connectivity index (χ0v) is 25.4. The van der Waals surface area contributed by atoms with Gasteiger partial charge in [-0.25, -0.2) is 0 Å². The maximum Gasteiger partial charge on any atom is 0.254 e. The number of anilines is 1. The fourth-order valence-electron chi connectivity index (χ4n) is 7.47. The normalized spacial score (nSPS) is 19.5. The van der Waals surface area contributed by atoms with Gasteiger partial charge in [0, 0.05) is 62.4 Å². The van der Waals surface area contributed by atoms with Crippen molar-refractivity contribution in [2.75, 3.05) is 45.2 Å². The number of aryl methyl sites for hydroxylation is 3. The minimum atomic E-state index is -0.0450. The first-order valence-corrected chi connectivity index (χ1v) is 15.3. The zero-order valence-electron chi connectivity index (χ0n) is 25.4. The van der Waals surface area contributed by atoms with Gasteiger partial charge in [0.1, 0.15) is 5.75 Å². The molecule has 1 spiro atoms. The van der Waals surface area contributed by atoms with Gasteiger partial charge in [-0.1, -0.05) is 6.07 Å². The van der Waals surface area contributed by atoms with E-state index in [1.54, 1.807) is 7.11 Å². The predicted molar refractivity (Wildman–Crippen MR) is 165 cm³/mol. The number of amides is 2. The first-order valence-electron chi connectivity index (χ1n) is 15.3. The minimum Gasteiger partial charge on any atom is -0.497 e. The lowest BCUT2D eigenvalue weighted by molar-refractivity contribution is 0.0515. The molecule has 2 amide bonds. The third kappa shape index (κ3) is 5.25. The average Bonchev–Trinajstić information content (AvgIpc) is 3.44. The van der Waals surface area contributed by atoms with Crippen molar-refractivity contribution in [1.82, 2.24) is 14.8 Å². The van der Waals surface area contributed by atoms with Gasteiger partial charge in [0.05, 0.1) is 13.2 Å². The second-order valence-corrected chi connectivity index (χ2v) is 12.5. The van der Waals surface area contributed by atoms with E-state index < -0.39 is 0 Å². The van der Waals surface area contributed by atoms with Crippen LogP contribution in [0.15, 0.2) is 54.9 Å². The predicted octanol–water partition coefficient (Wildman–Crippen LogP) is 5.99. The summed E-state index contributed by atoms with van der Waals surface area (Å²) in [5.74, 6) is 0.888. The van der Waals surface area contributed by atoms with Crippen LogP contribution in [0.4, 0.5) is 5.69 Å². The maximum atomic E-state index is 13.7. The first-order chi connectivity index (χ1) is 20.3. The van der Waals surface area contributed by atoms with Crippen molar-refractivity contribution >= 4 is 17.5 Å². The lowest BCUT2D eigenvalue weighted by Gasteiger charge is -2.47. The number of piperidine rings is 2. The monoisotopic (exact) mass is 566 g/mol. The van der Waals surface area contributed by atoms with Crippen molar-refractivity contribution in [3.05, 3.63) is 88.2 Å². The van der Waals surface area contributed by atoms with Crippen LogP contribution in [0, 0.1) is 19.3 Å². The van der Waals surface area contributed by atoms with Crippen LogP contribution in [0.1, 0.15) is 81.1 Å². The topological polar surface area (TPSA) is 66.0 Å². The Hall–Kier alpha value is -3.87. The largest absolute Gasteiger partial charge is 0.497 e. The lowest BCUT2D eigenvalue weighted by atomic mass is 9.71. The fourth-order valence-corrected chi connectivity index (χ4v) is 7.47. The van der Waals surface area contributed by atoms with Crippen molar-refractivity contribution < 1.29 is 14.3 Å². The quantitative estimate of drug-likeness (QED) is 0.380. The number of methoxy groups -OCH3 is 1. The zero-order chi connectivity index (χ0) is 29.4. The van der Waals surface area contributed by atoms with Crippen LogP contribution in [0.2, 0.25) is 0 Å². The number of likely N-dealkylation sites (tertiary alicyclic amines) is 1. The number of rotatable bonds is 5. The third-order valence-electron chi connectivity index (χ3n) is 10.1. The number of carbonyl (C=O) groups excluding carboxylic acids is 2. The van der Waals surface area contributed by atoms with Crippen LogP contribution < -0.4 is 9.64 Å². The molecule has 3 heterocycles. The third-order valence-corrected chi connectivity index (χ3v) is 10.1. The van der Waals surface area contributed by atoms with Crippen molar-refractivity contribution in [3.8, 4) is 5.75 Å². The molecule has 0 N–H and O–H groups in total. The van der Waals surface area contributed by atoms with Crippen LogP contribution in [0.5, 0.6) is 5.75 Å². The molecule has 42 heavy (non-hydrogen) atoms. The molecule has 1 aromatic heterocycles. The Bertz CT molecular complexity index is 1450. The highest BCUT2D eigenvalue weighted by Gasteiger charge is 2.39. The summed E-state index contributed by atoms with van der Waals surface area (Å²) in [7, 11) is 3.54. The average molecular weight is 567 g/mol. The molecule has 2 aliphatic heterocycles. The lowest BCUT2D eigenvalue weighted by Crippen LogP contribution is -2.48. The Labute approximate surface area is 249 Å². The maximum absolute atomic E-state index is 13.7. The van der Waals surface area contributed by atoms with Gasteiger partial charge in [0.15, 0.2) is 0 Å². The van der Waals surface area contributed by atoms with Gasteiger partial charge in [-0.3, -0.25) is 14.6 Å². The summed E-state index contributed by atoms with van der Waals surface area (Å²) < 4.78 is 5.39. The molecule has 3 aliphatic rings. The van der Waals surface area contributed by atoms with E-state index in [1.807, 2.05) is 61.3 Å². The van der Waals surface area contributed by atoms with E-state index in [-0.39, 0.29) is 17.9 Å². The molecule has 0 bridgehead atoms. The highest BCUT2D eigenvalue weighted by molar-refractivity contribution is 5.98. The summed E-state index contributed by atoms with van der Waals surface area (Å²) >= 11 is 0. The molecule has 1 aliphatic carbocycles. The van der Waals surface area contributed by atoms with E-state index in [4.69, 9.17) is 4.74 Å². The van der Waals surface area contributed by atoms with Gasteiger partial charge in [-0.15, -0.1) is 0 Å². The Morgan fingerprint density at radius 1 is 0.929 bits per heavy atom. The molecule has 0 radical (unpaired) electrons. The van der Waals surface area contributed by atoms with E-state index in [0.717, 1.165) is 85.4 Å². The van der Waals surface area contributed by atoms with E-state index in [0.29, 0.717) is 5.41 Å². The van der Waals surface area contributed by atoms with Gasteiger partial charge in [-0.2, -0.15) is 0 Å². The van der Waals surface area contributed by atoms with Crippen molar-refractivity contribution in [1.29, 1.82) is 0 Å². The van der Waals surface area contributed by atoms with E-state index in [1.165, 1.54) is 24.1 Å². The van der Waals surface area contributed by atoms with Crippen molar-refractivity contribution in [3.63, 3.8) is 0 Å². The molecular weight excluding hydrogens is 524 g/mol. The second-order valence-electron chi connectivity index (χ2n) is 12.5. The summed E-state index contributed by atoms with van der Waals surface area (Å²) in [5, 5.41) is 0. The molecule has 220 valence electrons.